The van der Waals surface area contributed by atoms with Crippen LogP contribution in [0.1, 0.15) is 52.9 Å². The minimum atomic E-state index is 0.00902. The molecular weight excluding hydrogens is 316 g/mol. The molecule has 0 aromatic rings. The molecule has 1 aliphatic carbocycles. The van der Waals surface area contributed by atoms with Gasteiger partial charge in [-0.25, -0.2) is 0 Å². The lowest BCUT2D eigenvalue weighted by Crippen LogP contribution is -2.48. The highest BCUT2D eigenvalue weighted by atomic mass is 16.5. The summed E-state index contributed by atoms with van der Waals surface area (Å²) < 4.78 is 11.5. The van der Waals surface area contributed by atoms with Crippen LogP contribution < -0.4 is 10.6 Å². The molecule has 0 aromatic heterocycles. The minimum absolute atomic E-state index is 0.00902. The fraction of sp³-hybridized carbons (Fsp3) is 0.950. The van der Waals surface area contributed by atoms with Crippen LogP contribution in [0.3, 0.4) is 0 Å². The Morgan fingerprint density at radius 3 is 2.64 bits per heavy atom. The summed E-state index contributed by atoms with van der Waals surface area (Å²) in [5.41, 5.74) is 0.0650. The molecule has 1 heterocycles. The Hall–Kier alpha value is -0.650. The molecule has 2 fully saturated rings. The average Bonchev–Trinajstić information content (AvgIpc) is 2.59. The molecule has 1 saturated heterocycles. The molecule has 0 radical (unpaired) electrons. The number of piperidine rings is 1. The largest absolute Gasteiger partial charge is 0.384 e. The van der Waals surface area contributed by atoms with Gasteiger partial charge in [-0.05, 0) is 56.5 Å². The van der Waals surface area contributed by atoms with Crippen LogP contribution >= 0.6 is 0 Å². The molecular formula is C20H38N2O3. The molecule has 5 heteroatoms. The molecule has 25 heavy (non-hydrogen) atoms. The van der Waals surface area contributed by atoms with E-state index in [9.17, 15) is 4.79 Å². The summed E-state index contributed by atoms with van der Waals surface area (Å²) >= 11 is 0. The van der Waals surface area contributed by atoms with Gasteiger partial charge in [0.15, 0.2) is 0 Å². The van der Waals surface area contributed by atoms with Crippen molar-refractivity contribution < 1.29 is 14.3 Å². The number of ether oxygens (including phenoxy) is 2. The van der Waals surface area contributed by atoms with Gasteiger partial charge < -0.3 is 20.1 Å². The highest BCUT2D eigenvalue weighted by Gasteiger charge is 2.34. The summed E-state index contributed by atoms with van der Waals surface area (Å²) in [5.74, 6) is 1.89. The van der Waals surface area contributed by atoms with E-state index in [2.05, 4.69) is 31.4 Å². The summed E-state index contributed by atoms with van der Waals surface area (Å²) in [7, 11) is 1.74. The third-order valence-corrected chi connectivity index (χ3v) is 6.17. The fourth-order valence-electron chi connectivity index (χ4n) is 4.46. The number of methoxy groups -OCH3 is 1. The van der Waals surface area contributed by atoms with Crippen molar-refractivity contribution in [2.75, 3.05) is 40.0 Å². The van der Waals surface area contributed by atoms with Crippen molar-refractivity contribution in [2.24, 2.45) is 23.2 Å². The average molecular weight is 355 g/mol. The van der Waals surface area contributed by atoms with E-state index in [-0.39, 0.29) is 24.0 Å². The molecule has 0 spiro atoms. The van der Waals surface area contributed by atoms with Crippen LogP contribution in [0.4, 0.5) is 0 Å². The molecule has 1 aliphatic heterocycles. The lowest BCUT2D eigenvalue weighted by Gasteiger charge is -2.38. The van der Waals surface area contributed by atoms with Crippen molar-refractivity contribution in [3.63, 3.8) is 0 Å². The molecule has 2 aliphatic rings. The predicted molar refractivity (Wildman–Crippen MR) is 101 cm³/mol. The second-order valence-electron chi connectivity index (χ2n) is 8.64. The van der Waals surface area contributed by atoms with Gasteiger partial charge in [-0.2, -0.15) is 0 Å². The van der Waals surface area contributed by atoms with Gasteiger partial charge in [0.1, 0.15) is 6.61 Å². The zero-order valence-electron chi connectivity index (χ0n) is 16.6. The molecule has 0 aromatic carbocycles. The molecule has 2 rings (SSSR count). The number of rotatable bonds is 8. The van der Waals surface area contributed by atoms with Crippen molar-refractivity contribution in [3.05, 3.63) is 0 Å². The summed E-state index contributed by atoms with van der Waals surface area (Å²) in [4.78, 5) is 12.3. The zero-order valence-corrected chi connectivity index (χ0v) is 16.6. The lowest BCUT2D eigenvalue weighted by atomic mass is 9.75. The summed E-state index contributed by atoms with van der Waals surface area (Å²) in [6, 6.07) is 0. The van der Waals surface area contributed by atoms with Crippen molar-refractivity contribution in [2.45, 2.75) is 59.0 Å². The Bertz CT molecular complexity index is 402. The minimum Gasteiger partial charge on any atom is -0.384 e. The van der Waals surface area contributed by atoms with Crippen molar-refractivity contribution >= 4 is 5.91 Å². The fourth-order valence-corrected chi connectivity index (χ4v) is 4.46. The van der Waals surface area contributed by atoms with Gasteiger partial charge in [-0.1, -0.05) is 27.2 Å². The summed E-state index contributed by atoms with van der Waals surface area (Å²) in [5, 5.41) is 6.48. The van der Waals surface area contributed by atoms with Crippen LogP contribution in [-0.2, 0) is 14.3 Å². The second-order valence-corrected chi connectivity index (χ2v) is 8.64. The maximum absolute atomic E-state index is 12.3. The van der Waals surface area contributed by atoms with Gasteiger partial charge in [-0.15, -0.1) is 0 Å². The van der Waals surface area contributed by atoms with Gasteiger partial charge in [0.2, 0.25) is 5.91 Å². The van der Waals surface area contributed by atoms with Gasteiger partial charge in [0.05, 0.1) is 12.7 Å². The van der Waals surface area contributed by atoms with Gasteiger partial charge >= 0.3 is 0 Å². The molecule has 3 atom stereocenters. The summed E-state index contributed by atoms with van der Waals surface area (Å²) in [6.07, 6.45) is 5.88. The molecule has 3 unspecified atom stereocenters. The van der Waals surface area contributed by atoms with Gasteiger partial charge in [0, 0.05) is 19.1 Å². The van der Waals surface area contributed by atoms with E-state index in [1.807, 2.05) is 0 Å². The topological polar surface area (TPSA) is 59.6 Å². The number of hydrogen-bond acceptors (Lipinski definition) is 4. The zero-order chi connectivity index (χ0) is 18.3. The van der Waals surface area contributed by atoms with Crippen LogP contribution in [0.5, 0.6) is 0 Å². The Morgan fingerprint density at radius 2 is 2.00 bits per heavy atom. The molecule has 146 valence electrons. The van der Waals surface area contributed by atoms with Crippen LogP contribution in [0, 0.1) is 23.2 Å². The second kappa shape index (κ2) is 9.89. The van der Waals surface area contributed by atoms with Crippen LogP contribution in [-0.4, -0.2) is 52.0 Å². The Morgan fingerprint density at radius 1 is 1.28 bits per heavy atom. The highest BCUT2D eigenvalue weighted by Crippen LogP contribution is 2.35. The predicted octanol–water partition coefficient (Wildman–Crippen LogP) is 2.60. The van der Waals surface area contributed by atoms with E-state index >= 15 is 0 Å². The Balaban J connectivity index is 1.78. The number of amides is 1. The number of carbonyl (C=O) groups is 1. The van der Waals surface area contributed by atoms with Gasteiger partial charge in [-0.3, -0.25) is 4.79 Å². The Kier molecular flexibility index (Phi) is 8.17. The standard InChI is InChI=1S/C20H38N2O3/c1-15(2)17-6-5-16(3)11-18(17)25-12-19(23)22-13-20(14-24-4)7-9-21-10-8-20/h15-18,21H,5-14H2,1-4H3,(H,22,23). The smallest absolute Gasteiger partial charge is 0.246 e. The first kappa shape index (κ1) is 20.7. The van der Waals surface area contributed by atoms with E-state index < -0.39 is 0 Å². The first-order valence-corrected chi connectivity index (χ1v) is 10.0. The van der Waals surface area contributed by atoms with E-state index in [0.717, 1.165) is 32.4 Å². The normalized spacial score (nSPS) is 29.6. The van der Waals surface area contributed by atoms with Gasteiger partial charge in [0.25, 0.3) is 0 Å². The van der Waals surface area contributed by atoms with E-state index in [1.165, 1.54) is 12.8 Å². The monoisotopic (exact) mass is 354 g/mol. The highest BCUT2D eigenvalue weighted by molar-refractivity contribution is 5.77. The molecule has 1 saturated carbocycles. The third kappa shape index (κ3) is 6.22. The first-order valence-electron chi connectivity index (χ1n) is 10.0. The first-order chi connectivity index (χ1) is 12.0. The molecule has 0 bridgehead atoms. The van der Waals surface area contributed by atoms with Crippen LogP contribution in [0.15, 0.2) is 0 Å². The van der Waals surface area contributed by atoms with E-state index in [1.54, 1.807) is 7.11 Å². The van der Waals surface area contributed by atoms with Crippen molar-refractivity contribution in [1.29, 1.82) is 0 Å². The third-order valence-electron chi connectivity index (χ3n) is 6.17. The number of carbonyl (C=O) groups excluding carboxylic acids is 1. The maximum atomic E-state index is 12.3. The molecule has 2 N–H and O–H groups in total. The van der Waals surface area contributed by atoms with Crippen LogP contribution in [0.25, 0.3) is 0 Å². The van der Waals surface area contributed by atoms with Crippen molar-refractivity contribution in [3.8, 4) is 0 Å². The molecule has 5 nitrogen and oxygen atoms in total. The number of hydrogen-bond donors (Lipinski definition) is 2. The Labute approximate surface area is 153 Å². The molecule has 1 amide bonds. The van der Waals surface area contributed by atoms with Crippen molar-refractivity contribution in [1.82, 2.24) is 10.6 Å². The number of nitrogens with one attached hydrogen (secondary N) is 2. The summed E-state index contributed by atoms with van der Waals surface area (Å²) in [6.45, 7) is 10.4. The van der Waals surface area contributed by atoms with E-state index in [0.29, 0.717) is 30.9 Å². The SMILES string of the molecule is COCC1(CNC(=O)COC2CC(C)CCC2C(C)C)CCNCC1. The lowest BCUT2D eigenvalue weighted by molar-refractivity contribution is -0.132. The maximum Gasteiger partial charge on any atom is 0.246 e. The quantitative estimate of drug-likeness (QED) is 0.703. The van der Waals surface area contributed by atoms with Crippen LogP contribution in [0.2, 0.25) is 0 Å². The van der Waals surface area contributed by atoms with E-state index in [4.69, 9.17) is 9.47 Å².